The lowest BCUT2D eigenvalue weighted by molar-refractivity contribution is 0.206. The van der Waals surface area contributed by atoms with Crippen LogP contribution in [0.5, 0.6) is 0 Å². The van der Waals surface area contributed by atoms with Crippen LogP contribution in [0, 0.1) is 0 Å². The predicted octanol–water partition coefficient (Wildman–Crippen LogP) is 3.12. The maximum Gasteiger partial charge on any atom is 0.0431 e. The third-order valence-corrected chi connectivity index (χ3v) is 3.63. The first-order chi connectivity index (χ1) is 7.74. The summed E-state index contributed by atoms with van der Waals surface area (Å²) in [5.74, 6) is 0. The normalized spacial score (nSPS) is 11.6. The van der Waals surface area contributed by atoms with E-state index in [1.807, 2.05) is 11.3 Å². The van der Waals surface area contributed by atoms with Crippen LogP contribution in [0.4, 0.5) is 0 Å². The lowest BCUT2D eigenvalue weighted by atomic mass is 10.2. The number of thiophene rings is 1. The van der Waals surface area contributed by atoms with Crippen LogP contribution >= 0.6 is 11.3 Å². The fourth-order valence-corrected chi connectivity index (χ4v) is 2.46. The molecule has 1 N–H and O–H groups in total. The summed E-state index contributed by atoms with van der Waals surface area (Å²) in [4.78, 5) is 3.94. The molecule has 0 bridgehead atoms. The molecule has 1 aromatic rings. The van der Waals surface area contributed by atoms with E-state index in [4.69, 9.17) is 5.11 Å². The molecule has 0 aliphatic rings. The summed E-state index contributed by atoms with van der Waals surface area (Å²) in [6.07, 6.45) is 3.25. The highest BCUT2D eigenvalue weighted by molar-refractivity contribution is 7.09. The Hall–Kier alpha value is -0.380. The molecule has 0 amide bonds. The zero-order valence-corrected chi connectivity index (χ0v) is 11.2. The van der Waals surface area contributed by atoms with Gasteiger partial charge in [0.15, 0.2) is 0 Å². The second-order valence-electron chi connectivity index (χ2n) is 4.43. The van der Waals surface area contributed by atoms with Gasteiger partial charge in [0.05, 0.1) is 0 Å². The van der Waals surface area contributed by atoms with E-state index in [1.54, 1.807) is 0 Å². The number of rotatable bonds is 8. The van der Waals surface area contributed by atoms with Crippen molar-refractivity contribution >= 4 is 11.3 Å². The van der Waals surface area contributed by atoms with Gasteiger partial charge in [0, 0.05) is 24.1 Å². The van der Waals surface area contributed by atoms with Crippen LogP contribution in [-0.4, -0.2) is 29.2 Å². The van der Waals surface area contributed by atoms with E-state index in [0.29, 0.717) is 12.6 Å². The first-order valence-electron chi connectivity index (χ1n) is 6.11. The molecule has 16 heavy (non-hydrogen) atoms. The van der Waals surface area contributed by atoms with Gasteiger partial charge in [-0.25, -0.2) is 0 Å². The second kappa shape index (κ2) is 7.82. The van der Waals surface area contributed by atoms with Crippen molar-refractivity contribution in [1.29, 1.82) is 0 Å². The number of aliphatic hydroxyl groups excluding tert-OH is 1. The summed E-state index contributed by atoms with van der Waals surface area (Å²) in [5, 5.41) is 10.9. The van der Waals surface area contributed by atoms with Crippen LogP contribution in [0.2, 0.25) is 0 Å². The van der Waals surface area contributed by atoms with Gasteiger partial charge in [0.25, 0.3) is 0 Å². The smallest absolute Gasteiger partial charge is 0.0431 e. The van der Waals surface area contributed by atoms with Crippen LogP contribution < -0.4 is 0 Å². The van der Waals surface area contributed by atoms with Gasteiger partial charge in [-0.15, -0.1) is 11.3 Å². The molecule has 0 aromatic carbocycles. The molecule has 3 heteroatoms. The molecule has 0 atom stereocenters. The highest BCUT2D eigenvalue weighted by Crippen LogP contribution is 2.14. The van der Waals surface area contributed by atoms with Gasteiger partial charge in [-0.1, -0.05) is 6.07 Å². The van der Waals surface area contributed by atoms with Crippen LogP contribution in [0.25, 0.3) is 0 Å². The molecule has 0 unspecified atom stereocenters. The number of hydrogen-bond donors (Lipinski definition) is 1. The van der Waals surface area contributed by atoms with Gasteiger partial charge >= 0.3 is 0 Å². The Labute approximate surface area is 103 Å². The van der Waals surface area contributed by atoms with Crippen LogP contribution in [0.15, 0.2) is 17.5 Å². The summed E-state index contributed by atoms with van der Waals surface area (Å²) >= 11 is 1.83. The fourth-order valence-electron chi connectivity index (χ4n) is 1.73. The summed E-state index contributed by atoms with van der Waals surface area (Å²) in [6, 6.07) is 4.91. The number of unbranched alkanes of at least 4 members (excludes halogenated alkanes) is 2. The monoisotopic (exact) mass is 241 g/mol. The molecule has 0 saturated heterocycles. The van der Waals surface area contributed by atoms with Crippen molar-refractivity contribution < 1.29 is 5.11 Å². The average Bonchev–Trinajstić information content (AvgIpc) is 2.75. The van der Waals surface area contributed by atoms with Crippen molar-refractivity contribution in [3.8, 4) is 0 Å². The number of aliphatic hydroxyl groups is 1. The maximum atomic E-state index is 8.74. The first-order valence-corrected chi connectivity index (χ1v) is 6.99. The average molecular weight is 241 g/mol. The van der Waals surface area contributed by atoms with E-state index in [-0.39, 0.29) is 0 Å². The molecule has 1 aromatic heterocycles. The van der Waals surface area contributed by atoms with Gasteiger partial charge in [0.1, 0.15) is 0 Å². The maximum absolute atomic E-state index is 8.74. The molecule has 0 radical (unpaired) electrons. The van der Waals surface area contributed by atoms with E-state index < -0.39 is 0 Å². The Balaban J connectivity index is 2.30. The molecule has 0 aliphatic heterocycles. The second-order valence-corrected chi connectivity index (χ2v) is 5.46. The molecule has 0 spiro atoms. The van der Waals surface area contributed by atoms with E-state index in [9.17, 15) is 0 Å². The molecule has 2 nitrogen and oxygen atoms in total. The predicted molar refractivity (Wildman–Crippen MR) is 70.8 cm³/mol. The largest absolute Gasteiger partial charge is 0.396 e. The molecule has 1 heterocycles. The van der Waals surface area contributed by atoms with E-state index in [2.05, 4.69) is 36.3 Å². The van der Waals surface area contributed by atoms with Gasteiger partial charge < -0.3 is 5.11 Å². The molecule has 0 aliphatic carbocycles. The van der Waals surface area contributed by atoms with E-state index >= 15 is 0 Å². The lowest BCUT2D eigenvalue weighted by Crippen LogP contribution is -2.31. The van der Waals surface area contributed by atoms with Gasteiger partial charge in [-0.05, 0) is 51.1 Å². The van der Waals surface area contributed by atoms with Crippen molar-refractivity contribution in [2.24, 2.45) is 0 Å². The molecule has 1 rings (SSSR count). The van der Waals surface area contributed by atoms with Crippen molar-refractivity contribution in [2.75, 3.05) is 13.2 Å². The Morgan fingerprint density at radius 3 is 2.69 bits per heavy atom. The Kier molecular flexibility index (Phi) is 6.69. The molecular weight excluding hydrogens is 218 g/mol. The van der Waals surface area contributed by atoms with Gasteiger partial charge in [0.2, 0.25) is 0 Å². The topological polar surface area (TPSA) is 23.5 Å². The third-order valence-electron chi connectivity index (χ3n) is 2.77. The fraction of sp³-hybridized carbons (Fsp3) is 0.692. The van der Waals surface area contributed by atoms with Gasteiger partial charge in [-0.3, -0.25) is 4.90 Å². The van der Waals surface area contributed by atoms with Crippen LogP contribution in [-0.2, 0) is 6.54 Å². The Morgan fingerprint density at radius 1 is 1.31 bits per heavy atom. The zero-order valence-electron chi connectivity index (χ0n) is 10.4. The molecule has 0 fully saturated rings. The Morgan fingerprint density at radius 2 is 2.12 bits per heavy atom. The summed E-state index contributed by atoms with van der Waals surface area (Å²) < 4.78 is 0. The van der Waals surface area contributed by atoms with Crippen LogP contribution in [0.3, 0.4) is 0 Å². The quantitative estimate of drug-likeness (QED) is 0.707. The summed E-state index contributed by atoms with van der Waals surface area (Å²) in [7, 11) is 0. The lowest BCUT2D eigenvalue weighted by Gasteiger charge is -2.25. The summed E-state index contributed by atoms with van der Waals surface area (Å²) in [5.41, 5.74) is 0. The minimum atomic E-state index is 0.326. The standard InChI is InChI=1S/C13H23NOS/c1-12(2)14(8-4-3-5-9-15)11-13-7-6-10-16-13/h6-7,10,12,15H,3-5,8-9,11H2,1-2H3. The molecular formula is C13H23NOS. The third kappa shape index (κ3) is 5.10. The van der Waals surface area contributed by atoms with E-state index in [0.717, 1.165) is 25.9 Å². The van der Waals surface area contributed by atoms with Gasteiger partial charge in [-0.2, -0.15) is 0 Å². The van der Waals surface area contributed by atoms with Crippen molar-refractivity contribution in [3.63, 3.8) is 0 Å². The van der Waals surface area contributed by atoms with Crippen molar-refractivity contribution in [3.05, 3.63) is 22.4 Å². The Bertz CT molecular complexity index is 259. The van der Waals surface area contributed by atoms with E-state index in [1.165, 1.54) is 11.3 Å². The SMILES string of the molecule is CC(C)N(CCCCCO)Cc1cccs1. The van der Waals surface area contributed by atoms with Crippen molar-refractivity contribution in [2.45, 2.75) is 45.7 Å². The highest BCUT2D eigenvalue weighted by Gasteiger charge is 2.09. The van der Waals surface area contributed by atoms with Crippen LogP contribution in [0.1, 0.15) is 38.0 Å². The first kappa shape index (κ1) is 13.7. The molecule has 0 saturated carbocycles. The van der Waals surface area contributed by atoms with Crippen molar-refractivity contribution in [1.82, 2.24) is 4.90 Å². The number of hydrogen-bond acceptors (Lipinski definition) is 3. The zero-order chi connectivity index (χ0) is 11.8. The minimum absolute atomic E-state index is 0.326. The number of nitrogens with zero attached hydrogens (tertiary/aromatic N) is 1. The molecule has 92 valence electrons. The highest BCUT2D eigenvalue weighted by atomic mass is 32.1. The summed E-state index contributed by atoms with van der Waals surface area (Å²) in [6.45, 7) is 7.02. The minimum Gasteiger partial charge on any atom is -0.396 e.